The monoisotopic (exact) mass is 281 g/mol. The van der Waals surface area contributed by atoms with Crippen molar-refractivity contribution in [3.05, 3.63) is 27.6 Å². The van der Waals surface area contributed by atoms with Gasteiger partial charge in [0.1, 0.15) is 10.5 Å². The average Bonchev–Trinajstić information content (AvgIpc) is 2.82. The maximum atomic E-state index is 11.7. The van der Waals surface area contributed by atoms with E-state index in [2.05, 4.69) is 29.1 Å². The smallest absolute Gasteiger partial charge is 0.268 e. The zero-order chi connectivity index (χ0) is 13.7. The molecule has 6 heteroatoms. The molecule has 5 nitrogen and oxygen atoms in total. The summed E-state index contributed by atoms with van der Waals surface area (Å²) in [6.45, 7) is 6.99. The van der Waals surface area contributed by atoms with Crippen LogP contribution in [0.5, 0.6) is 0 Å². The minimum atomic E-state index is -0.0622. The van der Waals surface area contributed by atoms with Gasteiger partial charge in [0.2, 0.25) is 0 Å². The lowest BCUT2D eigenvalue weighted by atomic mass is 10.2. The highest BCUT2D eigenvalue weighted by Gasteiger charge is 2.04. The normalized spacial score (nSPS) is 11.5. The van der Waals surface area contributed by atoms with Crippen molar-refractivity contribution in [2.24, 2.45) is 5.92 Å². The second-order valence-electron chi connectivity index (χ2n) is 4.79. The Bertz CT molecular complexity index is 577. The molecule has 0 spiro atoms. The first kappa shape index (κ1) is 14.2. The maximum absolute atomic E-state index is 11.7. The summed E-state index contributed by atoms with van der Waals surface area (Å²) in [7, 11) is 0. The summed E-state index contributed by atoms with van der Waals surface area (Å²) in [5, 5.41) is 5.08. The van der Waals surface area contributed by atoms with E-state index >= 15 is 0 Å². The van der Waals surface area contributed by atoms with Gasteiger partial charge in [-0.3, -0.25) is 4.79 Å². The molecule has 19 heavy (non-hydrogen) atoms. The van der Waals surface area contributed by atoms with E-state index in [1.165, 1.54) is 11.3 Å². The molecule has 0 saturated carbocycles. The number of nitrogens with one attached hydrogen (secondary N) is 2. The molecule has 2 heterocycles. The van der Waals surface area contributed by atoms with Gasteiger partial charge >= 0.3 is 0 Å². The number of thiophene rings is 1. The predicted molar refractivity (Wildman–Crippen MR) is 77.6 cm³/mol. The van der Waals surface area contributed by atoms with Crippen LogP contribution in [0.3, 0.4) is 0 Å². The number of hydrogen-bond acceptors (Lipinski definition) is 5. The second-order valence-corrected chi connectivity index (χ2v) is 5.71. The van der Waals surface area contributed by atoms with Crippen molar-refractivity contribution in [1.82, 2.24) is 15.3 Å². The number of aromatic nitrogens is 2. The van der Waals surface area contributed by atoms with Gasteiger partial charge in [0.25, 0.3) is 5.56 Å². The predicted octanol–water partition coefficient (Wildman–Crippen LogP) is 1.75. The van der Waals surface area contributed by atoms with Crippen molar-refractivity contribution >= 4 is 21.6 Å². The topological polar surface area (TPSA) is 67.0 Å². The molecule has 0 aromatic carbocycles. The fourth-order valence-electron chi connectivity index (χ4n) is 1.68. The van der Waals surface area contributed by atoms with Crippen LogP contribution in [0.1, 0.15) is 19.7 Å². The van der Waals surface area contributed by atoms with E-state index in [1.807, 2.05) is 11.4 Å². The summed E-state index contributed by atoms with van der Waals surface area (Å²) < 4.78 is 6.15. The number of hydrogen-bond donors (Lipinski definition) is 2. The molecule has 0 bridgehead atoms. The number of rotatable bonds is 7. The van der Waals surface area contributed by atoms with E-state index in [9.17, 15) is 4.79 Å². The van der Waals surface area contributed by atoms with Crippen molar-refractivity contribution in [2.45, 2.75) is 20.4 Å². The molecule has 0 amide bonds. The SMILES string of the molecule is CC(C)COCCNCc1nc2ccsc2c(=O)[nH]1. The lowest BCUT2D eigenvalue weighted by molar-refractivity contribution is 0.111. The van der Waals surface area contributed by atoms with E-state index in [4.69, 9.17) is 4.74 Å². The zero-order valence-corrected chi connectivity index (χ0v) is 12.0. The fourth-order valence-corrected chi connectivity index (χ4v) is 2.40. The lowest BCUT2D eigenvalue weighted by Gasteiger charge is -2.07. The highest BCUT2D eigenvalue weighted by Crippen LogP contribution is 2.13. The Labute approximate surface area is 116 Å². The van der Waals surface area contributed by atoms with Crippen LogP contribution in [0, 0.1) is 5.92 Å². The molecule has 2 rings (SSSR count). The van der Waals surface area contributed by atoms with Gasteiger partial charge in [-0.1, -0.05) is 13.8 Å². The lowest BCUT2D eigenvalue weighted by Crippen LogP contribution is -2.23. The van der Waals surface area contributed by atoms with E-state index in [1.54, 1.807) is 0 Å². The number of aromatic amines is 1. The Kier molecular flexibility index (Phi) is 5.07. The van der Waals surface area contributed by atoms with Crippen LogP contribution in [-0.4, -0.2) is 29.7 Å². The van der Waals surface area contributed by atoms with Crippen LogP contribution in [-0.2, 0) is 11.3 Å². The fraction of sp³-hybridized carbons (Fsp3) is 0.538. The quantitative estimate of drug-likeness (QED) is 0.759. The van der Waals surface area contributed by atoms with Gasteiger partial charge in [-0.2, -0.15) is 0 Å². The van der Waals surface area contributed by atoms with E-state index in [0.717, 1.165) is 18.7 Å². The summed E-state index contributed by atoms with van der Waals surface area (Å²) in [6, 6.07) is 1.87. The molecule has 2 aromatic rings. The Morgan fingerprint density at radius 2 is 2.37 bits per heavy atom. The minimum Gasteiger partial charge on any atom is -0.380 e. The van der Waals surface area contributed by atoms with Crippen molar-refractivity contribution in [1.29, 1.82) is 0 Å². The third-order valence-corrected chi connectivity index (χ3v) is 3.43. The number of nitrogens with zero attached hydrogens (tertiary/aromatic N) is 1. The van der Waals surface area contributed by atoms with Crippen LogP contribution in [0.25, 0.3) is 10.2 Å². The van der Waals surface area contributed by atoms with Gasteiger partial charge in [0, 0.05) is 13.2 Å². The molecule has 0 aliphatic carbocycles. The third-order valence-electron chi connectivity index (χ3n) is 2.53. The average molecular weight is 281 g/mol. The summed E-state index contributed by atoms with van der Waals surface area (Å²) in [4.78, 5) is 18.9. The minimum absolute atomic E-state index is 0.0622. The van der Waals surface area contributed by atoms with E-state index in [-0.39, 0.29) is 5.56 Å². The van der Waals surface area contributed by atoms with Gasteiger partial charge < -0.3 is 15.0 Å². The van der Waals surface area contributed by atoms with Gasteiger partial charge in [0.15, 0.2) is 0 Å². The molecule has 0 aliphatic rings. The first-order valence-electron chi connectivity index (χ1n) is 6.41. The molecular weight excluding hydrogens is 262 g/mol. The Balaban J connectivity index is 1.80. The van der Waals surface area contributed by atoms with Crippen LogP contribution in [0.2, 0.25) is 0 Å². The van der Waals surface area contributed by atoms with Crippen LogP contribution < -0.4 is 10.9 Å². The Hall–Kier alpha value is -1.24. The highest BCUT2D eigenvalue weighted by molar-refractivity contribution is 7.17. The molecule has 104 valence electrons. The maximum Gasteiger partial charge on any atom is 0.268 e. The Morgan fingerprint density at radius 3 is 3.16 bits per heavy atom. The molecule has 2 aromatic heterocycles. The second kappa shape index (κ2) is 6.79. The number of fused-ring (bicyclic) bond motifs is 1. The summed E-state index contributed by atoms with van der Waals surface area (Å²) in [6.07, 6.45) is 0. The van der Waals surface area contributed by atoms with Crippen LogP contribution >= 0.6 is 11.3 Å². The molecule has 2 N–H and O–H groups in total. The van der Waals surface area contributed by atoms with Crippen LogP contribution in [0.4, 0.5) is 0 Å². The van der Waals surface area contributed by atoms with Crippen molar-refractivity contribution in [3.63, 3.8) is 0 Å². The number of ether oxygens (including phenoxy) is 1. The molecular formula is C13H19N3O2S. The van der Waals surface area contributed by atoms with Crippen molar-refractivity contribution < 1.29 is 4.74 Å². The zero-order valence-electron chi connectivity index (χ0n) is 11.2. The summed E-state index contributed by atoms with van der Waals surface area (Å²) >= 11 is 1.41. The first-order chi connectivity index (χ1) is 9.16. The molecule has 0 unspecified atom stereocenters. The summed E-state index contributed by atoms with van der Waals surface area (Å²) in [5.41, 5.74) is 0.703. The van der Waals surface area contributed by atoms with Crippen molar-refractivity contribution in [3.8, 4) is 0 Å². The summed E-state index contributed by atoms with van der Waals surface area (Å²) in [5.74, 6) is 1.22. The molecule has 0 atom stereocenters. The van der Waals surface area contributed by atoms with Gasteiger partial charge in [0.05, 0.1) is 18.7 Å². The highest BCUT2D eigenvalue weighted by atomic mass is 32.1. The van der Waals surface area contributed by atoms with E-state index < -0.39 is 0 Å². The first-order valence-corrected chi connectivity index (χ1v) is 7.29. The van der Waals surface area contributed by atoms with Gasteiger partial charge in [-0.15, -0.1) is 11.3 Å². The molecule has 0 aliphatic heterocycles. The molecule has 0 fully saturated rings. The van der Waals surface area contributed by atoms with Gasteiger partial charge in [-0.05, 0) is 17.4 Å². The molecule has 0 radical (unpaired) electrons. The van der Waals surface area contributed by atoms with Crippen LogP contribution in [0.15, 0.2) is 16.2 Å². The van der Waals surface area contributed by atoms with Gasteiger partial charge in [-0.25, -0.2) is 4.98 Å². The molecule has 0 saturated heterocycles. The standard InChI is InChI=1S/C13H19N3O2S/c1-9(2)8-18-5-4-14-7-11-15-10-3-6-19-12(10)13(17)16-11/h3,6,9,14H,4-5,7-8H2,1-2H3,(H,15,16,17). The van der Waals surface area contributed by atoms with Crippen molar-refractivity contribution in [2.75, 3.05) is 19.8 Å². The third kappa shape index (κ3) is 4.12. The number of H-pyrrole nitrogens is 1. The largest absolute Gasteiger partial charge is 0.380 e. The van der Waals surface area contributed by atoms with E-state index in [0.29, 0.717) is 29.6 Å². The Morgan fingerprint density at radius 1 is 1.53 bits per heavy atom.